The maximum Gasteiger partial charge on any atom is 0.244 e. The number of hydrogen-bond donors (Lipinski definition) is 1. The largest absolute Gasteiger partial charge is 0.486 e. The molecule has 4 aromatic rings. The molecule has 0 saturated heterocycles. The number of nitrogens with one attached hydrogen (secondary N) is 1. The fourth-order valence-corrected chi connectivity index (χ4v) is 3.43. The Labute approximate surface area is 180 Å². The van der Waals surface area contributed by atoms with Crippen molar-refractivity contribution < 1.29 is 9.53 Å². The summed E-state index contributed by atoms with van der Waals surface area (Å²) < 4.78 is 7.84. The Morgan fingerprint density at radius 1 is 1.03 bits per heavy atom. The Morgan fingerprint density at radius 2 is 1.80 bits per heavy atom. The number of para-hydroxylation sites is 3. The molecule has 0 saturated carbocycles. The topological polar surface area (TPSA) is 56.2 Å². The van der Waals surface area contributed by atoms with Crippen molar-refractivity contribution in [2.75, 3.05) is 5.32 Å². The monoisotopic (exact) mass is 419 g/mol. The lowest BCUT2D eigenvalue weighted by Gasteiger charge is -2.12. The summed E-state index contributed by atoms with van der Waals surface area (Å²) in [5.74, 6) is 1.28. The first-order valence-electron chi connectivity index (χ1n) is 9.70. The molecule has 152 valence electrons. The number of aromatic nitrogens is 2. The normalized spacial score (nSPS) is 10.9. The lowest BCUT2D eigenvalue weighted by Crippen LogP contribution is -2.21. The number of amides is 1. The summed E-state index contributed by atoms with van der Waals surface area (Å²) in [5.41, 5.74) is 4.49. The summed E-state index contributed by atoms with van der Waals surface area (Å²) in [7, 11) is 0. The van der Waals surface area contributed by atoms with E-state index in [1.54, 1.807) is 0 Å². The Morgan fingerprint density at radius 3 is 2.60 bits per heavy atom. The van der Waals surface area contributed by atoms with E-state index in [9.17, 15) is 4.79 Å². The lowest BCUT2D eigenvalue weighted by molar-refractivity contribution is -0.116. The number of ether oxygens (including phenoxy) is 1. The Bertz CT molecular complexity index is 1220. The van der Waals surface area contributed by atoms with Crippen LogP contribution in [0.15, 0.2) is 66.7 Å². The van der Waals surface area contributed by atoms with Gasteiger partial charge < -0.3 is 14.6 Å². The zero-order valence-corrected chi connectivity index (χ0v) is 17.6. The number of anilines is 1. The van der Waals surface area contributed by atoms with Crippen molar-refractivity contribution in [3.05, 3.63) is 88.7 Å². The summed E-state index contributed by atoms with van der Waals surface area (Å²) in [4.78, 5) is 17.4. The molecule has 4 rings (SSSR count). The second-order valence-electron chi connectivity index (χ2n) is 7.17. The molecule has 3 aromatic carbocycles. The van der Waals surface area contributed by atoms with Crippen LogP contribution in [-0.4, -0.2) is 15.5 Å². The zero-order chi connectivity index (χ0) is 21.1. The van der Waals surface area contributed by atoms with Gasteiger partial charge in [-0.2, -0.15) is 0 Å². The van der Waals surface area contributed by atoms with Crippen molar-refractivity contribution in [2.45, 2.75) is 27.0 Å². The van der Waals surface area contributed by atoms with Crippen LogP contribution in [0.2, 0.25) is 5.02 Å². The molecule has 1 N–H and O–H groups in total. The van der Waals surface area contributed by atoms with Crippen LogP contribution < -0.4 is 10.1 Å². The highest BCUT2D eigenvalue weighted by atomic mass is 35.5. The minimum Gasteiger partial charge on any atom is -0.486 e. The lowest BCUT2D eigenvalue weighted by atomic mass is 10.2. The van der Waals surface area contributed by atoms with Crippen molar-refractivity contribution in [1.29, 1.82) is 0 Å². The number of carbonyl (C=O) groups is 1. The van der Waals surface area contributed by atoms with Gasteiger partial charge in [-0.15, -0.1) is 0 Å². The van der Waals surface area contributed by atoms with Crippen LogP contribution in [0, 0.1) is 13.8 Å². The van der Waals surface area contributed by atoms with Crippen LogP contribution >= 0.6 is 11.6 Å². The number of nitrogens with zero attached hydrogens (tertiary/aromatic N) is 2. The molecule has 6 heteroatoms. The SMILES string of the molecule is Cc1cc(OCc2nc3ccccc3n2CC(=O)Nc2ccccc2C)ccc1Cl. The molecule has 0 aliphatic carbocycles. The third kappa shape index (κ3) is 4.31. The summed E-state index contributed by atoms with van der Waals surface area (Å²) in [6.45, 7) is 4.29. The van der Waals surface area contributed by atoms with Crippen LogP contribution in [0.4, 0.5) is 5.69 Å². The minimum atomic E-state index is -0.115. The number of benzene rings is 3. The molecule has 1 heterocycles. The first kappa shape index (κ1) is 20.0. The van der Waals surface area contributed by atoms with Crippen molar-refractivity contribution >= 4 is 34.2 Å². The van der Waals surface area contributed by atoms with Crippen LogP contribution in [0.1, 0.15) is 17.0 Å². The highest BCUT2D eigenvalue weighted by molar-refractivity contribution is 6.31. The maximum atomic E-state index is 12.8. The van der Waals surface area contributed by atoms with Gasteiger partial charge in [0.1, 0.15) is 24.7 Å². The molecular weight excluding hydrogens is 398 g/mol. The quantitative estimate of drug-likeness (QED) is 0.447. The first-order chi connectivity index (χ1) is 14.5. The molecule has 1 aromatic heterocycles. The number of fused-ring (bicyclic) bond motifs is 1. The maximum absolute atomic E-state index is 12.8. The van der Waals surface area contributed by atoms with Crippen molar-refractivity contribution in [2.24, 2.45) is 0 Å². The summed E-state index contributed by atoms with van der Waals surface area (Å²) >= 11 is 6.09. The molecule has 1 amide bonds. The van der Waals surface area contributed by atoms with E-state index in [1.165, 1.54) is 0 Å². The third-order valence-corrected chi connectivity index (χ3v) is 5.38. The van der Waals surface area contributed by atoms with Crippen LogP contribution in [0.25, 0.3) is 11.0 Å². The predicted octanol–water partition coefficient (Wildman–Crippen LogP) is 5.52. The molecule has 0 unspecified atom stereocenters. The molecular formula is C24H22ClN3O2. The van der Waals surface area contributed by atoms with Crippen molar-refractivity contribution in [3.8, 4) is 5.75 Å². The van der Waals surface area contributed by atoms with Crippen LogP contribution in [0.5, 0.6) is 5.75 Å². The standard InChI is InChI=1S/C24H22ClN3O2/c1-16-7-3-4-8-20(16)27-24(29)14-28-22-10-6-5-9-21(22)26-23(28)15-30-18-11-12-19(25)17(2)13-18/h3-13H,14-15H2,1-2H3,(H,27,29). The molecule has 0 fully saturated rings. The average Bonchev–Trinajstić information content (AvgIpc) is 3.08. The van der Waals surface area contributed by atoms with Crippen molar-refractivity contribution in [3.63, 3.8) is 0 Å². The smallest absolute Gasteiger partial charge is 0.244 e. The summed E-state index contributed by atoms with van der Waals surface area (Å²) in [6.07, 6.45) is 0. The van der Waals surface area contributed by atoms with Gasteiger partial charge in [0.2, 0.25) is 5.91 Å². The fraction of sp³-hybridized carbons (Fsp3) is 0.167. The summed E-state index contributed by atoms with van der Waals surface area (Å²) in [5, 5.41) is 3.68. The number of aryl methyl sites for hydroxylation is 2. The van der Waals surface area contributed by atoms with E-state index in [-0.39, 0.29) is 19.1 Å². The highest BCUT2D eigenvalue weighted by Gasteiger charge is 2.15. The third-order valence-electron chi connectivity index (χ3n) is 4.95. The summed E-state index contributed by atoms with van der Waals surface area (Å²) in [6, 6.07) is 21.0. The van der Waals surface area contributed by atoms with E-state index >= 15 is 0 Å². The molecule has 0 aliphatic rings. The van der Waals surface area contributed by atoms with E-state index in [4.69, 9.17) is 16.3 Å². The van der Waals surface area contributed by atoms with E-state index in [0.29, 0.717) is 16.6 Å². The van der Waals surface area contributed by atoms with Gasteiger partial charge in [0, 0.05) is 10.7 Å². The van der Waals surface area contributed by atoms with E-state index in [2.05, 4.69) is 10.3 Å². The van der Waals surface area contributed by atoms with E-state index in [0.717, 1.165) is 27.8 Å². The second kappa shape index (κ2) is 8.59. The van der Waals surface area contributed by atoms with Gasteiger partial charge in [-0.05, 0) is 61.4 Å². The van der Waals surface area contributed by atoms with Crippen LogP contribution in [0.3, 0.4) is 0 Å². The second-order valence-corrected chi connectivity index (χ2v) is 7.57. The van der Waals surface area contributed by atoms with Gasteiger partial charge in [0.05, 0.1) is 11.0 Å². The van der Waals surface area contributed by atoms with Gasteiger partial charge in [0.25, 0.3) is 0 Å². The zero-order valence-electron chi connectivity index (χ0n) is 16.9. The van der Waals surface area contributed by atoms with Crippen LogP contribution in [-0.2, 0) is 17.9 Å². The Kier molecular flexibility index (Phi) is 5.72. The molecule has 0 spiro atoms. The van der Waals surface area contributed by atoms with Gasteiger partial charge in [-0.3, -0.25) is 4.79 Å². The van der Waals surface area contributed by atoms with Gasteiger partial charge in [-0.25, -0.2) is 4.98 Å². The number of carbonyl (C=O) groups excluding carboxylic acids is 1. The number of rotatable bonds is 6. The van der Waals surface area contributed by atoms with E-state index < -0.39 is 0 Å². The molecule has 5 nitrogen and oxygen atoms in total. The number of halogens is 1. The number of hydrogen-bond acceptors (Lipinski definition) is 3. The predicted molar refractivity (Wildman–Crippen MR) is 120 cm³/mol. The first-order valence-corrected chi connectivity index (χ1v) is 10.1. The van der Waals surface area contributed by atoms with Gasteiger partial charge >= 0.3 is 0 Å². The fourth-order valence-electron chi connectivity index (χ4n) is 3.31. The van der Waals surface area contributed by atoms with Gasteiger partial charge in [0.15, 0.2) is 0 Å². The van der Waals surface area contributed by atoms with Crippen molar-refractivity contribution in [1.82, 2.24) is 9.55 Å². The molecule has 0 radical (unpaired) electrons. The highest BCUT2D eigenvalue weighted by Crippen LogP contribution is 2.23. The molecule has 0 bridgehead atoms. The molecule has 0 aliphatic heterocycles. The Hall–Kier alpha value is -3.31. The molecule has 30 heavy (non-hydrogen) atoms. The average molecular weight is 420 g/mol. The Balaban J connectivity index is 1.57. The number of imidazole rings is 1. The van der Waals surface area contributed by atoms with E-state index in [1.807, 2.05) is 85.1 Å². The van der Waals surface area contributed by atoms with Gasteiger partial charge in [-0.1, -0.05) is 41.9 Å². The minimum absolute atomic E-state index is 0.115. The molecule has 0 atom stereocenters.